The number of amides is 1. The maximum atomic E-state index is 12.4. The Morgan fingerprint density at radius 1 is 1.20 bits per heavy atom. The summed E-state index contributed by atoms with van der Waals surface area (Å²) in [5.74, 6) is 5.99. The van der Waals surface area contributed by atoms with Crippen molar-refractivity contribution in [1.29, 1.82) is 0 Å². The van der Waals surface area contributed by atoms with Gasteiger partial charge in [0.1, 0.15) is 5.82 Å². The van der Waals surface area contributed by atoms with Gasteiger partial charge in [-0.3, -0.25) is 4.79 Å². The van der Waals surface area contributed by atoms with Gasteiger partial charge in [0.15, 0.2) is 0 Å². The number of benzene rings is 1. The van der Waals surface area contributed by atoms with E-state index < -0.39 is 0 Å². The van der Waals surface area contributed by atoms with E-state index in [2.05, 4.69) is 15.7 Å². The van der Waals surface area contributed by atoms with Gasteiger partial charge in [-0.15, -0.1) is 0 Å². The van der Waals surface area contributed by atoms with E-state index in [1.807, 2.05) is 24.3 Å². The van der Waals surface area contributed by atoms with Crippen molar-refractivity contribution in [2.24, 2.45) is 5.84 Å². The van der Waals surface area contributed by atoms with Crippen LogP contribution >= 0.6 is 0 Å². The normalized spacial score (nSPS) is 15.4. The monoisotopic (exact) mass is 270 g/mol. The van der Waals surface area contributed by atoms with Crippen molar-refractivity contribution in [2.75, 3.05) is 5.43 Å². The van der Waals surface area contributed by atoms with Crippen LogP contribution in [0.15, 0.2) is 30.5 Å². The second-order valence-electron chi connectivity index (χ2n) is 5.17. The van der Waals surface area contributed by atoms with Crippen LogP contribution in [0.25, 0.3) is 10.8 Å². The number of carbonyl (C=O) groups excluding carboxylic acids is 1. The maximum Gasteiger partial charge on any atom is 0.253 e. The molecule has 0 radical (unpaired) electrons. The highest BCUT2D eigenvalue weighted by Crippen LogP contribution is 2.24. The fraction of sp³-hybridized carbons (Fsp3) is 0.333. The van der Waals surface area contributed by atoms with Gasteiger partial charge in [0.05, 0.1) is 5.56 Å². The molecule has 1 aromatic carbocycles. The number of nitrogens with one attached hydrogen (secondary N) is 2. The first-order chi connectivity index (χ1) is 9.79. The lowest BCUT2D eigenvalue weighted by molar-refractivity contribution is 0.0939. The lowest BCUT2D eigenvalue weighted by atomic mass is 10.1. The van der Waals surface area contributed by atoms with Gasteiger partial charge in [0.2, 0.25) is 0 Å². The predicted octanol–water partition coefficient (Wildman–Crippen LogP) is 2.19. The maximum absolute atomic E-state index is 12.4. The van der Waals surface area contributed by atoms with Crippen LogP contribution in [0.5, 0.6) is 0 Å². The molecule has 1 aliphatic rings. The number of nitrogen functional groups attached to an aromatic ring is 1. The standard InChI is InChI=1S/C15H18N4O/c16-19-14-12-8-4-3-7-11(12)13(9-17-14)15(20)18-10-5-1-2-6-10/h3-4,7-10H,1-2,5-6,16H2,(H,17,19)(H,18,20). The molecule has 2 aromatic rings. The molecule has 4 N–H and O–H groups in total. The van der Waals surface area contributed by atoms with Crippen molar-refractivity contribution in [3.8, 4) is 0 Å². The van der Waals surface area contributed by atoms with Crippen LogP contribution in [-0.4, -0.2) is 16.9 Å². The quantitative estimate of drug-likeness (QED) is 0.590. The lowest BCUT2D eigenvalue weighted by Crippen LogP contribution is -2.32. The van der Waals surface area contributed by atoms with Crippen molar-refractivity contribution in [1.82, 2.24) is 10.3 Å². The Kier molecular flexibility index (Phi) is 3.52. The highest BCUT2D eigenvalue weighted by atomic mass is 16.1. The lowest BCUT2D eigenvalue weighted by Gasteiger charge is -2.14. The Morgan fingerprint density at radius 2 is 1.90 bits per heavy atom. The topological polar surface area (TPSA) is 80.0 Å². The number of rotatable bonds is 3. The number of pyridine rings is 1. The van der Waals surface area contributed by atoms with Crippen molar-refractivity contribution < 1.29 is 4.79 Å². The molecule has 1 saturated carbocycles. The second kappa shape index (κ2) is 5.46. The van der Waals surface area contributed by atoms with Crippen LogP contribution in [0, 0.1) is 0 Å². The van der Waals surface area contributed by atoms with Gasteiger partial charge in [-0.05, 0) is 18.2 Å². The van der Waals surface area contributed by atoms with Crippen LogP contribution in [0.2, 0.25) is 0 Å². The molecule has 0 aliphatic heterocycles. The van der Waals surface area contributed by atoms with E-state index >= 15 is 0 Å². The van der Waals surface area contributed by atoms with Crippen LogP contribution in [0.3, 0.4) is 0 Å². The Bertz CT molecular complexity index is 635. The summed E-state index contributed by atoms with van der Waals surface area (Å²) in [4.78, 5) is 16.6. The number of carbonyl (C=O) groups is 1. The summed E-state index contributed by atoms with van der Waals surface area (Å²) in [6, 6.07) is 7.94. The molecule has 1 heterocycles. The molecule has 3 rings (SSSR count). The first kappa shape index (κ1) is 12.9. The zero-order chi connectivity index (χ0) is 13.9. The number of hydrogen-bond acceptors (Lipinski definition) is 4. The fourth-order valence-corrected chi connectivity index (χ4v) is 2.82. The summed E-state index contributed by atoms with van der Waals surface area (Å²) in [5, 5.41) is 4.82. The van der Waals surface area contributed by atoms with Crippen molar-refractivity contribution in [3.05, 3.63) is 36.0 Å². The third kappa shape index (κ3) is 2.32. The van der Waals surface area contributed by atoms with E-state index in [0.717, 1.165) is 23.6 Å². The minimum Gasteiger partial charge on any atom is -0.349 e. The van der Waals surface area contributed by atoms with Gasteiger partial charge in [0, 0.05) is 17.6 Å². The average Bonchev–Trinajstić information content (AvgIpc) is 2.99. The predicted molar refractivity (Wildman–Crippen MR) is 79.3 cm³/mol. The van der Waals surface area contributed by atoms with Crippen LogP contribution < -0.4 is 16.6 Å². The summed E-state index contributed by atoms with van der Waals surface area (Å²) < 4.78 is 0. The molecule has 104 valence electrons. The first-order valence-electron chi connectivity index (χ1n) is 6.95. The molecule has 0 atom stereocenters. The second-order valence-corrected chi connectivity index (χ2v) is 5.17. The smallest absolute Gasteiger partial charge is 0.253 e. The number of nitrogens with two attached hydrogens (primary N) is 1. The Hall–Kier alpha value is -2.14. The zero-order valence-corrected chi connectivity index (χ0v) is 11.2. The number of hydrogen-bond donors (Lipinski definition) is 3. The number of nitrogens with zero attached hydrogens (tertiary/aromatic N) is 1. The first-order valence-corrected chi connectivity index (χ1v) is 6.95. The molecular formula is C15H18N4O. The molecular weight excluding hydrogens is 252 g/mol. The summed E-state index contributed by atoms with van der Waals surface area (Å²) >= 11 is 0. The Balaban J connectivity index is 1.96. The summed E-state index contributed by atoms with van der Waals surface area (Å²) in [7, 11) is 0. The summed E-state index contributed by atoms with van der Waals surface area (Å²) in [6.45, 7) is 0. The highest BCUT2D eigenvalue weighted by molar-refractivity contribution is 6.09. The molecule has 5 heteroatoms. The molecule has 1 aromatic heterocycles. The largest absolute Gasteiger partial charge is 0.349 e. The molecule has 0 unspecified atom stereocenters. The highest BCUT2D eigenvalue weighted by Gasteiger charge is 2.19. The number of aromatic nitrogens is 1. The van der Waals surface area contributed by atoms with Crippen LogP contribution in [-0.2, 0) is 0 Å². The Morgan fingerprint density at radius 3 is 2.60 bits per heavy atom. The zero-order valence-electron chi connectivity index (χ0n) is 11.2. The molecule has 0 saturated heterocycles. The van der Waals surface area contributed by atoms with E-state index in [4.69, 9.17) is 5.84 Å². The van der Waals surface area contributed by atoms with Gasteiger partial charge in [0.25, 0.3) is 5.91 Å². The van der Waals surface area contributed by atoms with Gasteiger partial charge < -0.3 is 10.7 Å². The van der Waals surface area contributed by atoms with Crippen molar-refractivity contribution in [3.63, 3.8) is 0 Å². The number of anilines is 1. The van der Waals surface area contributed by atoms with Gasteiger partial charge in [-0.25, -0.2) is 10.8 Å². The summed E-state index contributed by atoms with van der Waals surface area (Å²) in [6.07, 6.45) is 6.11. The van der Waals surface area contributed by atoms with Gasteiger partial charge in [-0.1, -0.05) is 37.1 Å². The van der Waals surface area contributed by atoms with E-state index in [-0.39, 0.29) is 5.91 Å². The SMILES string of the molecule is NNc1ncc(C(=O)NC2CCCC2)c2ccccc12. The van der Waals surface area contributed by atoms with Gasteiger partial charge >= 0.3 is 0 Å². The van der Waals surface area contributed by atoms with Crippen molar-refractivity contribution >= 4 is 22.5 Å². The molecule has 0 bridgehead atoms. The molecule has 1 fully saturated rings. The Labute approximate surface area is 117 Å². The molecule has 0 spiro atoms. The molecule has 20 heavy (non-hydrogen) atoms. The van der Waals surface area contributed by atoms with Crippen LogP contribution in [0.1, 0.15) is 36.0 Å². The van der Waals surface area contributed by atoms with E-state index in [1.54, 1.807) is 6.20 Å². The van der Waals surface area contributed by atoms with E-state index in [9.17, 15) is 4.79 Å². The fourth-order valence-electron chi connectivity index (χ4n) is 2.82. The minimum absolute atomic E-state index is 0.0517. The number of hydrazine groups is 1. The molecule has 1 amide bonds. The molecule has 5 nitrogen and oxygen atoms in total. The number of fused-ring (bicyclic) bond motifs is 1. The third-order valence-corrected chi connectivity index (χ3v) is 3.87. The van der Waals surface area contributed by atoms with E-state index in [1.165, 1.54) is 12.8 Å². The molecule has 1 aliphatic carbocycles. The van der Waals surface area contributed by atoms with Crippen LogP contribution in [0.4, 0.5) is 5.82 Å². The summed E-state index contributed by atoms with van der Waals surface area (Å²) in [5.41, 5.74) is 3.17. The van der Waals surface area contributed by atoms with E-state index in [0.29, 0.717) is 17.4 Å². The third-order valence-electron chi connectivity index (χ3n) is 3.87. The minimum atomic E-state index is -0.0517. The van der Waals surface area contributed by atoms with Crippen molar-refractivity contribution in [2.45, 2.75) is 31.7 Å². The average molecular weight is 270 g/mol. The van der Waals surface area contributed by atoms with Gasteiger partial charge in [-0.2, -0.15) is 0 Å².